The van der Waals surface area contributed by atoms with Crippen LogP contribution in [-0.4, -0.2) is 27.9 Å². The molecule has 178 valence electrons. The largest absolute Gasteiger partial charge is 0.494 e. The van der Waals surface area contributed by atoms with E-state index >= 15 is 0 Å². The van der Waals surface area contributed by atoms with Gasteiger partial charge in [-0.15, -0.1) is 0 Å². The molecule has 1 heterocycles. The molecular formula is C27H34O4S2. The third-order valence-electron chi connectivity index (χ3n) is 4.48. The molecule has 0 amide bonds. The molecule has 2 rings (SSSR count). The van der Waals surface area contributed by atoms with E-state index in [4.69, 9.17) is 8.92 Å². The van der Waals surface area contributed by atoms with Gasteiger partial charge in [0.2, 0.25) is 0 Å². The van der Waals surface area contributed by atoms with Gasteiger partial charge in [-0.05, 0) is 98.2 Å². The number of allylic oxidation sites excluding steroid dienone is 3. The van der Waals surface area contributed by atoms with Gasteiger partial charge in [0.1, 0.15) is 5.75 Å². The summed E-state index contributed by atoms with van der Waals surface area (Å²) >= 11 is 1.68. The maximum Gasteiger partial charge on any atom is 0.264 e. The molecule has 1 aromatic carbocycles. The summed E-state index contributed by atoms with van der Waals surface area (Å²) in [7, 11) is -3.48. The highest BCUT2D eigenvalue weighted by Gasteiger charge is 2.05. The van der Waals surface area contributed by atoms with Gasteiger partial charge in [0.05, 0.1) is 19.5 Å². The fourth-order valence-electron chi connectivity index (χ4n) is 2.85. The van der Waals surface area contributed by atoms with Crippen molar-refractivity contribution in [3.8, 4) is 28.7 Å². The van der Waals surface area contributed by atoms with Crippen LogP contribution in [0.25, 0.3) is 11.1 Å². The molecule has 0 unspecified atom stereocenters. The summed E-state index contributed by atoms with van der Waals surface area (Å²) in [6.45, 7) is 6.88. The van der Waals surface area contributed by atoms with Gasteiger partial charge in [-0.3, -0.25) is 4.18 Å². The van der Waals surface area contributed by atoms with Crippen molar-refractivity contribution in [3.63, 3.8) is 0 Å². The maximum absolute atomic E-state index is 11.4. The number of rotatable bonds is 12. The topological polar surface area (TPSA) is 52.6 Å². The molecule has 6 heteroatoms. The Bertz CT molecular complexity index is 1080. The Morgan fingerprint density at radius 2 is 1.97 bits per heavy atom. The average Bonchev–Trinajstić information content (AvgIpc) is 3.27. The molecule has 0 aliphatic carbocycles. The highest BCUT2D eigenvalue weighted by molar-refractivity contribution is 7.86. The number of hydrogen-bond acceptors (Lipinski definition) is 5. The molecule has 1 aromatic heterocycles. The minimum Gasteiger partial charge on any atom is -0.494 e. The second-order valence-corrected chi connectivity index (χ2v) is 11.3. The highest BCUT2D eigenvalue weighted by atomic mass is 32.2. The number of unbranched alkanes of at least 4 members (excludes halogenated alkanes) is 2. The third kappa shape index (κ3) is 12.5. The van der Waals surface area contributed by atoms with Crippen LogP contribution in [0.4, 0.5) is 0 Å². The minimum atomic E-state index is -3.48. The van der Waals surface area contributed by atoms with E-state index in [9.17, 15) is 8.42 Å². The van der Waals surface area contributed by atoms with Gasteiger partial charge in [0.15, 0.2) is 0 Å². The van der Waals surface area contributed by atoms with Crippen LogP contribution < -0.4 is 4.74 Å². The van der Waals surface area contributed by atoms with Crippen LogP contribution in [0.15, 0.2) is 64.9 Å². The van der Waals surface area contributed by atoms with E-state index < -0.39 is 10.1 Å². The van der Waals surface area contributed by atoms with Crippen molar-refractivity contribution in [2.45, 2.75) is 46.5 Å². The number of benzene rings is 1. The quantitative estimate of drug-likeness (QED) is 0.142. The molecular weight excluding hydrogens is 452 g/mol. The SMILES string of the molecule is CC(C)(C)C#CC=CCC(=CCCCCOc1cccc(-c2ccsc2)c1)COS(C)(=O)=O. The van der Waals surface area contributed by atoms with Crippen LogP contribution in [-0.2, 0) is 14.3 Å². The first-order valence-electron chi connectivity index (χ1n) is 11.1. The zero-order valence-electron chi connectivity index (χ0n) is 20.0. The van der Waals surface area contributed by atoms with Crippen molar-refractivity contribution in [1.82, 2.24) is 0 Å². The molecule has 0 fully saturated rings. The van der Waals surface area contributed by atoms with Gasteiger partial charge in [-0.2, -0.15) is 19.8 Å². The lowest BCUT2D eigenvalue weighted by Gasteiger charge is -2.08. The van der Waals surface area contributed by atoms with Crippen molar-refractivity contribution in [2.24, 2.45) is 5.41 Å². The van der Waals surface area contributed by atoms with E-state index in [1.807, 2.05) is 24.3 Å². The smallest absolute Gasteiger partial charge is 0.264 e. The predicted molar refractivity (Wildman–Crippen MR) is 139 cm³/mol. The van der Waals surface area contributed by atoms with Gasteiger partial charge in [-0.25, -0.2) is 0 Å². The van der Waals surface area contributed by atoms with Crippen LogP contribution in [0.5, 0.6) is 5.75 Å². The fourth-order valence-corrected chi connectivity index (χ4v) is 3.88. The van der Waals surface area contributed by atoms with Crippen LogP contribution in [0, 0.1) is 17.3 Å². The van der Waals surface area contributed by atoms with Crippen molar-refractivity contribution < 1.29 is 17.3 Å². The van der Waals surface area contributed by atoms with Crippen molar-refractivity contribution >= 4 is 21.5 Å². The van der Waals surface area contributed by atoms with Crippen molar-refractivity contribution in [3.05, 3.63) is 64.9 Å². The normalized spacial score (nSPS) is 12.5. The van der Waals surface area contributed by atoms with Gasteiger partial charge in [-0.1, -0.05) is 36.1 Å². The summed E-state index contributed by atoms with van der Waals surface area (Å²) in [5, 5.41) is 4.20. The highest BCUT2D eigenvalue weighted by Crippen LogP contribution is 2.25. The van der Waals surface area contributed by atoms with Crippen LogP contribution in [0.3, 0.4) is 0 Å². The first-order valence-corrected chi connectivity index (χ1v) is 13.8. The Labute approximate surface area is 203 Å². The van der Waals surface area contributed by atoms with Crippen molar-refractivity contribution in [2.75, 3.05) is 19.5 Å². The molecule has 4 nitrogen and oxygen atoms in total. The molecule has 0 spiro atoms. The zero-order valence-corrected chi connectivity index (χ0v) is 21.6. The minimum absolute atomic E-state index is 0.0459. The average molecular weight is 487 g/mol. The zero-order chi connectivity index (χ0) is 24.2. The number of thiophene rings is 1. The Morgan fingerprint density at radius 3 is 2.67 bits per heavy atom. The third-order valence-corrected chi connectivity index (χ3v) is 5.70. The Morgan fingerprint density at radius 1 is 1.15 bits per heavy atom. The lowest BCUT2D eigenvalue weighted by Crippen LogP contribution is -2.06. The lowest BCUT2D eigenvalue weighted by molar-refractivity contribution is 0.307. The first kappa shape index (κ1) is 26.9. The van der Waals surface area contributed by atoms with Crippen LogP contribution in [0.1, 0.15) is 46.5 Å². The van der Waals surface area contributed by atoms with E-state index in [0.29, 0.717) is 13.0 Å². The summed E-state index contributed by atoms with van der Waals surface area (Å²) in [5.74, 6) is 7.05. The molecule has 0 radical (unpaired) electrons. The summed E-state index contributed by atoms with van der Waals surface area (Å²) < 4.78 is 33.6. The second-order valence-electron chi connectivity index (χ2n) is 8.84. The first-order chi connectivity index (χ1) is 15.6. The van der Waals surface area contributed by atoms with E-state index in [1.165, 1.54) is 5.56 Å². The predicted octanol–water partition coefficient (Wildman–Crippen LogP) is 6.86. The monoisotopic (exact) mass is 486 g/mol. The van der Waals surface area contributed by atoms with Gasteiger partial charge < -0.3 is 4.74 Å². The second kappa shape index (κ2) is 13.4. The molecule has 0 aliphatic heterocycles. The molecule has 0 aliphatic rings. The van der Waals surface area contributed by atoms with Gasteiger partial charge in [0, 0.05) is 5.41 Å². The van der Waals surface area contributed by atoms with Gasteiger partial charge >= 0.3 is 0 Å². The van der Waals surface area contributed by atoms with E-state index in [1.54, 1.807) is 11.3 Å². The fraction of sp³-hybridized carbons (Fsp3) is 0.407. The summed E-state index contributed by atoms with van der Waals surface area (Å²) in [4.78, 5) is 0. The van der Waals surface area contributed by atoms with E-state index in [2.05, 4.69) is 67.6 Å². The summed E-state index contributed by atoms with van der Waals surface area (Å²) in [6.07, 6.45) is 10.2. The molecule has 0 bridgehead atoms. The molecule has 0 saturated heterocycles. The summed E-state index contributed by atoms with van der Waals surface area (Å²) in [5.41, 5.74) is 3.25. The Kier molecular flexibility index (Phi) is 10.9. The molecule has 0 atom stereocenters. The Hall–Kier alpha value is -2.33. The maximum atomic E-state index is 11.4. The van der Waals surface area contributed by atoms with Gasteiger partial charge in [0.25, 0.3) is 10.1 Å². The number of hydrogen-bond donors (Lipinski definition) is 0. The van der Waals surface area contributed by atoms with E-state index in [0.717, 1.165) is 42.4 Å². The van der Waals surface area contributed by atoms with E-state index in [-0.39, 0.29) is 12.0 Å². The standard InChI is InChI=1S/C27H34O4S2/c1-27(2,3)17-9-5-7-12-23(21-31-33(4,28)29)13-8-6-10-18-30-26-15-11-14-24(20-26)25-16-19-32-22-25/h5,7,11,13-16,19-20,22H,6,8,10,12,18,21H2,1-4H3. The summed E-state index contributed by atoms with van der Waals surface area (Å²) in [6, 6.07) is 10.2. The van der Waals surface area contributed by atoms with Crippen LogP contribution >= 0.6 is 11.3 Å². The molecule has 33 heavy (non-hydrogen) atoms. The number of ether oxygens (including phenoxy) is 1. The Balaban J connectivity index is 1.80. The molecule has 0 N–H and O–H groups in total. The van der Waals surface area contributed by atoms with Crippen molar-refractivity contribution in [1.29, 1.82) is 0 Å². The van der Waals surface area contributed by atoms with Crippen LogP contribution in [0.2, 0.25) is 0 Å². The lowest BCUT2D eigenvalue weighted by atomic mass is 9.98. The molecule has 0 saturated carbocycles. The molecule has 2 aromatic rings.